The molecule has 0 aliphatic carbocycles. The Morgan fingerprint density at radius 2 is 2.06 bits per heavy atom. The molecule has 0 bridgehead atoms. The summed E-state index contributed by atoms with van der Waals surface area (Å²) >= 11 is 2.95. The molecule has 2 N–H and O–H groups in total. The number of aromatic nitrogens is 1. The third-order valence-electron chi connectivity index (χ3n) is 1.45. The zero-order valence-electron chi connectivity index (χ0n) is 9.41. The van der Waals surface area contributed by atoms with E-state index in [-0.39, 0.29) is 16.1 Å². The molecule has 0 aliphatic rings. The minimum Gasteiger partial charge on any atom is -0.476 e. The number of anilines is 1. The van der Waals surface area contributed by atoms with Crippen molar-refractivity contribution < 1.29 is 24.0 Å². The molecule has 94 valence electrons. The molecule has 0 aliphatic heterocycles. The summed E-state index contributed by atoms with van der Waals surface area (Å²) < 4.78 is 9.66. The zero-order chi connectivity index (χ0) is 13.2. The van der Waals surface area contributed by atoms with E-state index in [0.717, 1.165) is 0 Å². The molecular formula is C9H11BrN2O5. The maximum atomic E-state index is 11.4. The quantitative estimate of drug-likeness (QED) is 0.870. The van der Waals surface area contributed by atoms with Crippen LogP contribution in [0.5, 0.6) is 0 Å². The largest absolute Gasteiger partial charge is 0.476 e. The Morgan fingerprint density at radius 1 is 1.47 bits per heavy atom. The van der Waals surface area contributed by atoms with Crippen LogP contribution in [0.2, 0.25) is 0 Å². The van der Waals surface area contributed by atoms with Crippen LogP contribution in [-0.4, -0.2) is 27.9 Å². The summed E-state index contributed by atoms with van der Waals surface area (Å²) in [6.07, 6.45) is -0.758. The number of amides is 1. The van der Waals surface area contributed by atoms with Crippen molar-refractivity contribution in [2.75, 3.05) is 5.32 Å². The molecule has 1 aromatic heterocycles. The molecule has 1 amide bonds. The number of hydrogen-bond acceptors (Lipinski definition) is 5. The van der Waals surface area contributed by atoms with Crippen molar-refractivity contribution in [3.63, 3.8) is 0 Å². The van der Waals surface area contributed by atoms with Crippen LogP contribution in [0.1, 0.15) is 31.3 Å². The van der Waals surface area contributed by atoms with Crippen LogP contribution in [0.15, 0.2) is 9.00 Å². The third kappa shape index (κ3) is 3.74. The van der Waals surface area contributed by atoms with E-state index in [4.69, 9.17) is 9.84 Å². The molecule has 0 unspecified atom stereocenters. The number of hydrogen-bond donors (Lipinski definition) is 2. The van der Waals surface area contributed by atoms with Crippen molar-refractivity contribution in [1.82, 2.24) is 5.16 Å². The number of nitrogens with zero attached hydrogens (tertiary/aromatic N) is 1. The molecule has 8 heteroatoms. The first-order chi connectivity index (χ1) is 7.70. The number of rotatable bonds is 2. The van der Waals surface area contributed by atoms with E-state index in [1.165, 1.54) is 0 Å². The maximum absolute atomic E-state index is 11.4. The van der Waals surface area contributed by atoms with E-state index in [9.17, 15) is 9.59 Å². The van der Waals surface area contributed by atoms with Crippen LogP contribution >= 0.6 is 15.9 Å². The highest BCUT2D eigenvalue weighted by Crippen LogP contribution is 2.26. The first kappa shape index (κ1) is 13.5. The monoisotopic (exact) mass is 306 g/mol. The van der Waals surface area contributed by atoms with E-state index >= 15 is 0 Å². The molecule has 0 radical (unpaired) electrons. The Morgan fingerprint density at radius 3 is 2.47 bits per heavy atom. The lowest BCUT2D eigenvalue weighted by Crippen LogP contribution is -2.27. The number of carboxylic acids is 1. The Kier molecular flexibility index (Phi) is 3.76. The number of carboxylic acid groups (broad SMARTS) is 1. The van der Waals surface area contributed by atoms with Gasteiger partial charge in [0.1, 0.15) is 10.1 Å². The molecule has 7 nitrogen and oxygen atoms in total. The predicted octanol–water partition coefficient (Wildman–Crippen LogP) is 2.48. The van der Waals surface area contributed by atoms with Gasteiger partial charge in [0, 0.05) is 0 Å². The molecule has 0 atom stereocenters. The van der Waals surface area contributed by atoms with Crippen molar-refractivity contribution in [3.8, 4) is 0 Å². The summed E-state index contributed by atoms with van der Waals surface area (Å²) in [7, 11) is 0. The van der Waals surface area contributed by atoms with Crippen molar-refractivity contribution >= 4 is 33.9 Å². The van der Waals surface area contributed by atoms with Gasteiger partial charge >= 0.3 is 12.1 Å². The summed E-state index contributed by atoms with van der Waals surface area (Å²) in [5.74, 6) is -1.38. The zero-order valence-corrected chi connectivity index (χ0v) is 11.0. The Hall–Kier alpha value is -1.57. The highest BCUT2D eigenvalue weighted by atomic mass is 79.9. The van der Waals surface area contributed by atoms with Crippen LogP contribution < -0.4 is 5.32 Å². The number of carbonyl (C=O) groups is 2. The molecule has 0 aromatic carbocycles. The van der Waals surface area contributed by atoms with Gasteiger partial charge in [-0.05, 0) is 36.7 Å². The van der Waals surface area contributed by atoms with Gasteiger partial charge in [-0.15, -0.1) is 0 Å². The highest BCUT2D eigenvalue weighted by Gasteiger charge is 2.23. The Labute approximate surface area is 105 Å². The van der Waals surface area contributed by atoms with Crippen molar-refractivity contribution in [3.05, 3.63) is 10.2 Å². The number of carbonyl (C=O) groups excluding carboxylic acids is 1. The molecular weight excluding hydrogens is 296 g/mol. The van der Waals surface area contributed by atoms with E-state index in [0.29, 0.717) is 0 Å². The van der Waals surface area contributed by atoms with Crippen LogP contribution in [0, 0.1) is 0 Å². The third-order valence-corrected chi connectivity index (χ3v) is 2.19. The van der Waals surface area contributed by atoms with E-state index < -0.39 is 17.7 Å². The van der Waals surface area contributed by atoms with Gasteiger partial charge in [0.2, 0.25) is 11.6 Å². The Balaban J connectivity index is 2.76. The van der Waals surface area contributed by atoms with Gasteiger partial charge in [-0.2, -0.15) is 0 Å². The fraction of sp³-hybridized carbons (Fsp3) is 0.444. The van der Waals surface area contributed by atoms with Gasteiger partial charge in [0.05, 0.1) is 0 Å². The minimum atomic E-state index is -1.27. The van der Waals surface area contributed by atoms with Crippen molar-refractivity contribution in [2.45, 2.75) is 26.4 Å². The lowest BCUT2D eigenvalue weighted by molar-refractivity contribution is 0.0630. The first-order valence-corrected chi connectivity index (χ1v) is 5.38. The van der Waals surface area contributed by atoms with Crippen molar-refractivity contribution in [1.29, 1.82) is 0 Å². The summed E-state index contributed by atoms with van der Waals surface area (Å²) in [6.45, 7) is 5.10. The number of aromatic carboxylic acids is 1. The summed E-state index contributed by atoms with van der Waals surface area (Å²) in [4.78, 5) is 22.0. The molecule has 0 saturated carbocycles. The van der Waals surface area contributed by atoms with E-state index in [2.05, 4.69) is 30.9 Å². The molecule has 0 fully saturated rings. The lowest BCUT2D eigenvalue weighted by atomic mass is 10.2. The minimum absolute atomic E-state index is 0.0517. The second kappa shape index (κ2) is 4.74. The smallest absolute Gasteiger partial charge is 0.414 e. The van der Waals surface area contributed by atoms with E-state index in [1.807, 2.05) is 0 Å². The van der Waals surface area contributed by atoms with Gasteiger partial charge in [0.15, 0.2) is 0 Å². The molecule has 1 heterocycles. The lowest BCUT2D eigenvalue weighted by Gasteiger charge is -2.18. The SMILES string of the molecule is CC(C)(C)OC(=O)Nc1onc(C(=O)O)c1Br. The first-order valence-electron chi connectivity index (χ1n) is 4.59. The van der Waals surface area contributed by atoms with Crippen LogP contribution in [0.3, 0.4) is 0 Å². The molecule has 1 aromatic rings. The standard InChI is InChI=1S/C9H11BrN2O5/c1-9(2,3)16-8(15)11-6-4(10)5(7(13)14)12-17-6/h1-3H3,(H,11,15)(H,13,14). The van der Waals surface area contributed by atoms with Gasteiger partial charge in [-0.1, -0.05) is 5.16 Å². The molecule has 17 heavy (non-hydrogen) atoms. The van der Waals surface area contributed by atoms with Gasteiger partial charge < -0.3 is 14.4 Å². The normalized spacial score (nSPS) is 11.1. The van der Waals surface area contributed by atoms with Crippen molar-refractivity contribution in [2.24, 2.45) is 0 Å². The fourth-order valence-electron chi connectivity index (χ4n) is 0.886. The topological polar surface area (TPSA) is 102 Å². The van der Waals surface area contributed by atoms with E-state index in [1.54, 1.807) is 20.8 Å². The Bertz CT molecular complexity index is 449. The highest BCUT2D eigenvalue weighted by molar-refractivity contribution is 9.10. The maximum Gasteiger partial charge on any atom is 0.414 e. The number of nitrogens with one attached hydrogen (secondary N) is 1. The summed E-state index contributed by atoms with van der Waals surface area (Å²) in [5.41, 5.74) is -0.984. The molecule has 1 rings (SSSR count). The van der Waals surface area contributed by atoms with Gasteiger partial charge in [-0.25, -0.2) is 9.59 Å². The second-order valence-electron chi connectivity index (χ2n) is 4.11. The van der Waals surface area contributed by atoms with Gasteiger partial charge in [-0.3, -0.25) is 5.32 Å². The average molecular weight is 307 g/mol. The number of ether oxygens (including phenoxy) is 1. The van der Waals surface area contributed by atoms with Crippen LogP contribution in [-0.2, 0) is 4.74 Å². The second-order valence-corrected chi connectivity index (χ2v) is 4.90. The fourth-order valence-corrected chi connectivity index (χ4v) is 1.30. The van der Waals surface area contributed by atoms with Crippen LogP contribution in [0.25, 0.3) is 0 Å². The average Bonchev–Trinajstić information content (AvgIpc) is 2.44. The summed E-state index contributed by atoms with van der Waals surface area (Å²) in [5, 5.41) is 14.2. The van der Waals surface area contributed by atoms with Gasteiger partial charge in [0.25, 0.3) is 0 Å². The molecule has 0 spiro atoms. The predicted molar refractivity (Wildman–Crippen MR) is 61.0 cm³/mol. The molecule has 0 saturated heterocycles. The number of halogens is 1. The van der Waals surface area contributed by atoms with Crippen LogP contribution in [0.4, 0.5) is 10.7 Å². The summed E-state index contributed by atoms with van der Waals surface area (Å²) in [6, 6.07) is 0.